The number of nitrogens with two attached hydrogens (primary N) is 1. The lowest BCUT2D eigenvalue weighted by Crippen LogP contribution is -2.42. The van der Waals surface area contributed by atoms with Gasteiger partial charge in [-0.25, -0.2) is 13.9 Å². The highest BCUT2D eigenvalue weighted by molar-refractivity contribution is 7.52. The molecule has 1 unspecified atom stereocenters. The van der Waals surface area contributed by atoms with E-state index in [0.717, 1.165) is 12.8 Å². The van der Waals surface area contributed by atoms with Gasteiger partial charge in [0, 0.05) is 13.1 Å². The second-order valence-electron chi connectivity index (χ2n) is 11.0. The average molecular weight is 632 g/mol. The first-order valence-corrected chi connectivity index (χ1v) is 15.6. The number of fused-ring (bicyclic) bond motifs is 1. The molecule has 0 bridgehead atoms. The Kier molecular flexibility index (Phi) is 8.84. The fourth-order valence-electron chi connectivity index (χ4n) is 4.79. The van der Waals surface area contributed by atoms with E-state index < -0.39 is 56.6 Å². The smallest absolute Gasteiger partial charge is 0.459 e. The number of para-hydroxylation sites is 1. The molecule has 3 heterocycles. The molecule has 4 N–H and O–H groups in total. The predicted molar refractivity (Wildman–Crippen MR) is 158 cm³/mol. The summed E-state index contributed by atoms with van der Waals surface area (Å²) in [5.41, 5.74) is 3.70. The third kappa shape index (κ3) is 6.36. The minimum atomic E-state index is -4.35. The lowest BCUT2D eigenvalue weighted by Gasteiger charge is -2.25. The summed E-state index contributed by atoms with van der Waals surface area (Å²) < 4.78 is 53.8. The number of halogens is 1. The largest absolute Gasteiger partial charge is 0.462 e. The van der Waals surface area contributed by atoms with Gasteiger partial charge in [0.05, 0.1) is 19.0 Å². The fraction of sp³-hybridized carbons (Fsp3) is 0.500. The van der Waals surface area contributed by atoms with E-state index in [4.69, 9.17) is 30.7 Å². The Balaban J connectivity index is 1.40. The van der Waals surface area contributed by atoms with Crippen molar-refractivity contribution in [2.75, 3.05) is 24.3 Å². The molecule has 2 aliphatic rings. The molecular formula is C28H35FN7O7P. The lowest BCUT2D eigenvalue weighted by atomic mass is 9.97. The highest BCUT2D eigenvalue weighted by atomic mass is 31.2. The highest BCUT2D eigenvalue weighted by Crippen LogP contribution is 2.48. The number of rotatable bonds is 12. The van der Waals surface area contributed by atoms with Crippen LogP contribution in [0.3, 0.4) is 0 Å². The molecule has 2 aromatic heterocycles. The molecule has 1 saturated heterocycles. The van der Waals surface area contributed by atoms with E-state index in [1.165, 1.54) is 30.0 Å². The SMILES string of the molecule is C#C[C@@]1(F)[C@H](O)[C@@H](COP(=O)(N[C@@H](C)C(=O)OC(C)C)Oc2ccccc2)O[C@H]1n1cnc2c(N(C)C3CC3)nc(N)nc21. The van der Waals surface area contributed by atoms with Crippen molar-refractivity contribution in [1.82, 2.24) is 24.6 Å². The molecule has 0 spiro atoms. The Hall–Kier alpha value is -3.80. The number of nitrogens with zero attached hydrogens (tertiary/aromatic N) is 5. The van der Waals surface area contributed by atoms with Crippen LogP contribution in [0.5, 0.6) is 5.75 Å². The van der Waals surface area contributed by atoms with Gasteiger partial charge >= 0.3 is 13.7 Å². The standard InChI is InChI=1S/C28H35FN7O7P/c1-6-28(29)22(37)20(14-40-44(39,43-19-10-8-7-9-11-19)34-17(4)25(38)41-16(2)3)42-26(28)36-15-31-21-23(35(5)18-12-13-18)32-27(30)33-24(21)36/h1,7-11,15-18,20,22,26,37H,12-14H2,2-5H3,(H,34,39)(H2,30,32,33)/t17-,20+,22+,26+,28+,44?/m0/s1. The fourth-order valence-corrected chi connectivity index (χ4v) is 6.29. The number of imidazole rings is 1. The summed E-state index contributed by atoms with van der Waals surface area (Å²) in [5, 5.41) is 13.6. The Morgan fingerprint density at radius 2 is 2.05 bits per heavy atom. The molecule has 14 nitrogen and oxygen atoms in total. The first kappa shape index (κ1) is 31.6. The number of aliphatic hydroxyl groups excluding tert-OH is 1. The number of carbonyl (C=O) groups excluding carboxylic acids is 1. The molecule has 44 heavy (non-hydrogen) atoms. The molecule has 1 aromatic carbocycles. The van der Waals surface area contributed by atoms with Gasteiger partial charge in [0.2, 0.25) is 11.6 Å². The van der Waals surface area contributed by atoms with Gasteiger partial charge in [-0.2, -0.15) is 15.1 Å². The Morgan fingerprint density at radius 1 is 1.34 bits per heavy atom. The number of terminal acetylenes is 1. The van der Waals surface area contributed by atoms with Crippen LogP contribution in [0.2, 0.25) is 0 Å². The maximum absolute atomic E-state index is 16.4. The van der Waals surface area contributed by atoms with Crippen molar-refractivity contribution in [3.05, 3.63) is 36.7 Å². The summed E-state index contributed by atoms with van der Waals surface area (Å²) in [7, 11) is -2.49. The first-order chi connectivity index (χ1) is 20.8. The van der Waals surface area contributed by atoms with E-state index in [1.807, 2.05) is 17.9 Å². The molecule has 2 fully saturated rings. The van der Waals surface area contributed by atoms with Crippen LogP contribution in [0.15, 0.2) is 36.7 Å². The third-order valence-corrected chi connectivity index (χ3v) is 8.85. The van der Waals surface area contributed by atoms with Crippen LogP contribution in [-0.2, 0) is 23.4 Å². The van der Waals surface area contributed by atoms with Gasteiger partial charge in [-0.15, -0.1) is 6.42 Å². The van der Waals surface area contributed by atoms with Crippen molar-refractivity contribution in [2.24, 2.45) is 0 Å². The van der Waals surface area contributed by atoms with Crippen molar-refractivity contribution < 1.29 is 37.4 Å². The number of carbonyl (C=O) groups is 1. The number of nitrogen functional groups attached to an aromatic ring is 1. The summed E-state index contributed by atoms with van der Waals surface area (Å²) in [6.07, 6.45) is 3.44. The van der Waals surface area contributed by atoms with E-state index in [1.54, 1.807) is 32.0 Å². The molecule has 1 aliphatic carbocycles. The van der Waals surface area contributed by atoms with E-state index in [-0.39, 0.29) is 23.4 Å². The van der Waals surface area contributed by atoms with Crippen molar-refractivity contribution >= 4 is 36.6 Å². The number of nitrogens with one attached hydrogen (secondary N) is 1. The normalized spacial score (nSPS) is 25.4. The molecule has 0 radical (unpaired) electrons. The zero-order chi connectivity index (χ0) is 31.8. The molecule has 0 amide bonds. The minimum Gasteiger partial charge on any atom is -0.462 e. The molecule has 16 heteroatoms. The second kappa shape index (κ2) is 12.3. The maximum atomic E-state index is 16.4. The van der Waals surface area contributed by atoms with Crippen molar-refractivity contribution in [3.63, 3.8) is 0 Å². The minimum absolute atomic E-state index is 0.0690. The van der Waals surface area contributed by atoms with Crippen LogP contribution in [0.4, 0.5) is 16.2 Å². The van der Waals surface area contributed by atoms with Crippen molar-refractivity contribution in [3.8, 4) is 18.1 Å². The van der Waals surface area contributed by atoms with E-state index in [0.29, 0.717) is 11.3 Å². The number of aliphatic hydroxyl groups is 1. The van der Waals surface area contributed by atoms with Gasteiger partial charge in [-0.3, -0.25) is 13.9 Å². The highest BCUT2D eigenvalue weighted by Gasteiger charge is 2.58. The van der Waals surface area contributed by atoms with Gasteiger partial charge in [-0.05, 0) is 45.7 Å². The topological polar surface area (TPSA) is 176 Å². The van der Waals surface area contributed by atoms with E-state index in [9.17, 15) is 14.5 Å². The number of benzene rings is 1. The Labute approximate surface area is 253 Å². The summed E-state index contributed by atoms with van der Waals surface area (Å²) in [6, 6.07) is 7.23. The van der Waals surface area contributed by atoms with Gasteiger partial charge in [-0.1, -0.05) is 24.1 Å². The molecule has 1 aliphatic heterocycles. The molecule has 3 aromatic rings. The van der Waals surface area contributed by atoms with E-state index in [2.05, 4.69) is 20.0 Å². The van der Waals surface area contributed by atoms with Gasteiger partial charge in [0.25, 0.3) is 0 Å². The van der Waals surface area contributed by atoms with Crippen molar-refractivity contribution in [1.29, 1.82) is 0 Å². The van der Waals surface area contributed by atoms with Gasteiger partial charge in [0.1, 0.15) is 24.0 Å². The molecule has 236 valence electrons. The number of esters is 1. The number of hydrogen-bond acceptors (Lipinski definition) is 12. The summed E-state index contributed by atoms with van der Waals surface area (Å²) >= 11 is 0. The van der Waals surface area contributed by atoms with Crippen LogP contribution < -0.4 is 20.2 Å². The zero-order valence-corrected chi connectivity index (χ0v) is 25.6. The lowest BCUT2D eigenvalue weighted by molar-refractivity contribution is -0.149. The number of hydrogen-bond donors (Lipinski definition) is 3. The van der Waals surface area contributed by atoms with Gasteiger partial charge < -0.3 is 29.7 Å². The number of ether oxygens (including phenoxy) is 2. The summed E-state index contributed by atoms with van der Waals surface area (Å²) in [5.74, 6) is 1.86. The maximum Gasteiger partial charge on any atom is 0.459 e. The van der Waals surface area contributed by atoms with Gasteiger partial charge in [0.15, 0.2) is 23.2 Å². The molecule has 6 atom stereocenters. The van der Waals surface area contributed by atoms with Crippen molar-refractivity contribution in [2.45, 2.75) is 75.9 Å². The summed E-state index contributed by atoms with van der Waals surface area (Å²) in [4.78, 5) is 27.3. The van der Waals surface area contributed by atoms with Crippen LogP contribution in [0.1, 0.15) is 39.8 Å². The molecular weight excluding hydrogens is 596 g/mol. The van der Waals surface area contributed by atoms with Crippen LogP contribution in [0, 0.1) is 12.3 Å². The Bertz CT molecular complexity index is 1600. The van der Waals surface area contributed by atoms with E-state index >= 15 is 4.39 Å². The quantitative estimate of drug-likeness (QED) is 0.151. The predicted octanol–water partition coefficient (Wildman–Crippen LogP) is 2.74. The number of anilines is 2. The summed E-state index contributed by atoms with van der Waals surface area (Å²) in [6.45, 7) is 4.11. The first-order valence-electron chi connectivity index (χ1n) is 14.1. The monoisotopic (exact) mass is 631 g/mol. The molecule has 5 rings (SSSR count). The number of aromatic nitrogens is 4. The zero-order valence-electron chi connectivity index (χ0n) is 24.7. The van der Waals surface area contributed by atoms with Crippen LogP contribution in [0.25, 0.3) is 11.2 Å². The number of alkyl halides is 1. The molecule has 1 saturated carbocycles. The average Bonchev–Trinajstić information content (AvgIpc) is 3.70. The Morgan fingerprint density at radius 3 is 2.68 bits per heavy atom. The third-order valence-electron chi connectivity index (χ3n) is 7.20. The second-order valence-corrected chi connectivity index (χ2v) is 12.7. The van der Waals surface area contributed by atoms with Crippen LogP contribution >= 0.6 is 7.75 Å². The van der Waals surface area contributed by atoms with Crippen LogP contribution in [-0.4, -0.2) is 80.3 Å².